The van der Waals surface area contributed by atoms with Gasteiger partial charge in [-0.15, -0.1) is 0 Å². The van der Waals surface area contributed by atoms with Crippen molar-refractivity contribution in [3.05, 3.63) is 48.5 Å². The van der Waals surface area contributed by atoms with E-state index in [2.05, 4.69) is 10.6 Å². The summed E-state index contributed by atoms with van der Waals surface area (Å²) in [4.78, 5) is 23.7. The standard InChI is InChI=1S/C20H24N2O4/c1-5-25-17-9-11-18(12-10-17)26-20(3,4)19(24)22-16-8-6-7-15(13-16)21-14(2)23/h6-13H,5H2,1-4H3,(H,21,23)(H,22,24). The Morgan fingerprint density at radius 3 is 2.12 bits per heavy atom. The van der Waals surface area contributed by atoms with Crippen LogP contribution in [0.3, 0.4) is 0 Å². The molecule has 0 atom stereocenters. The molecular weight excluding hydrogens is 332 g/mol. The van der Waals surface area contributed by atoms with Crippen LogP contribution in [0.15, 0.2) is 48.5 Å². The minimum atomic E-state index is -1.09. The average molecular weight is 356 g/mol. The van der Waals surface area contributed by atoms with Crippen LogP contribution < -0.4 is 20.1 Å². The molecule has 2 rings (SSSR count). The maximum absolute atomic E-state index is 12.6. The fraction of sp³-hybridized carbons (Fsp3) is 0.300. The lowest BCUT2D eigenvalue weighted by molar-refractivity contribution is -0.128. The van der Waals surface area contributed by atoms with E-state index in [1.54, 1.807) is 62.4 Å². The van der Waals surface area contributed by atoms with E-state index >= 15 is 0 Å². The lowest BCUT2D eigenvalue weighted by Crippen LogP contribution is -2.42. The number of carbonyl (C=O) groups excluding carboxylic acids is 2. The highest BCUT2D eigenvalue weighted by atomic mass is 16.5. The highest BCUT2D eigenvalue weighted by Gasteiger charge is 2.30. The third-order valence-electron chi connectivity index (χ3n) is 3.50. The zero-order valence-corrected chi connectivity index (χ0v) is 15.5. The minimum absolute atomic E-state index is 0.173. The average Bonchev–Trinajstić information content (AvgIpc) is 2.56. The summed E-state index contributed by atoms with van der Waals surface area (Å²) >= 11 is 0. The van der Waals surface area contributed by atoms with Crippen LogP contribution in [-0.2, 0) is 9.59 Å². The molecule has 0 aromatic heterocycles. The number of amides is 2. The SMILES string of the molecule is CCOc1ccc(OC(C)(C)C(=O)Nc2cccc(NC(C)=O)c2)cc1. The molecule has 2 aromatic rings. The molecule has 26 heavy (non-hydrogen) atoms. The monoisotopic (exact) mass is 356 g/mol. The van der Waals surface area contributed by atoms with Crippen molar-refractivity contribution in [2.24, 2.45) is 0 Å². The first-order valence-electron chi connectivity index (χ1n) is 8.41. The molecule has 0 unspecified atom stereocenters. The molecule has 0 spiro atoms. The van der Waals surface area contributed by atoms with Gasteiger partial charge >= 0.3 is 0 Å². The molecule has 0 bridgehead atoms. The molecule has 0 radical (unpaired) electrons. The summed E-state index contributed by atoms with van der Waals surface area (Å²) in [5, 5.41) is 5.49. The van der Waals surface area contributed by atoms with Gasteiger partial charge in [0, 0.05) is 18.3 Å². The van der Waals surface area contributed by atoms with Crippen LogP contribution in [0.1, 0.15) is 27.7 Å². The molecule has 138 valence electrons. The highest BCUT2D eigenvalue weighted by molar-refractivity contribution is 5.98. The summed E-state index contributed by atoms with van der Waals surface area (Å²) in [5.41, 5.74) is 0.0992. The second-order valence-electron chi connectivity index (χ2n) is 6.23. The number of ether oxygens (including phenoxy) is 2. The van der Waals surface area contributed by atoms with Gasteiger partial charge < -0.3 is 20.1 Å². The summed E-state index contributed by atoms with van der Waals surface area (Å²) < 4.78 is 11.2. The molecule has 0 aliphatic heterocycles. The van der Waals surface area contributed by atoms with Crippen molar-refractivity contribution in [3.8, 4) is 11.5 Å². The fourth-order valence-electron chi connectivity index (χ4n) is 2.27. The Kier molecular flexibility index (Phi) is 6.22. The Balaban J connectivity index is 2.04. The van der Waals surface area contributed by atoms with Crippen molar-refractivity contribution in [2.75, 3.05) is 17.2 Å². The topological polar surface area (TPSA) is 76.7 Å². The van der Waals surface area contributed by atoms with Gasteiger partial charge in [-0.2, -0.15) is 0 Å². The van der Waals surface area contributed by atoms with Crippen molar-refractivity contribution in [1.29, 1.82) is 0 Å². The van der Waals surface area contributed by atoms with Gasteiger partial charge in [-0.1, -0.05) is 6.07 Å². The quantitative estimate of drug-likeness (QED) is 0.790. The number of hydrogen-bond donors (Lipinski definition) is 2. The Morgan fingerprint density at radius 2 is 1.54 bits per heavy atom. The summed E-state index contributed by atoms with van der Waals surface area (Å²) in [5.74, 6) is 0.844. The van der Waals surface area contributed by atoms with Gasteiger partial charge in [0.25, 0.3) is 5.91 Å². The molecule has 0 saturated heterocycles. The lowest BCUT2D eigenvalue weighted by atomic mass is 10.1. The molecule has 2 N–H and O–H groups in total. The fourth-order valence-corrected chi connectivity index (χ4v) is 2.27. The summed E-state index contributed by atoms with van der Waals surface area (Å²) in [6, 6.07) is 14.0. The van der Waals surface area contributed by atoms with Crippen molar-refractivity contribution in [3.63, 3.8) is 0 Å². The molecule has 6 nitrogen and oxygen atoms in total. The summed E-state index contributed by atoms with van der Waals surface area (Å²) in [7, 11) is 0. The van der Waals surface area contributed by atoms with Gasteiger partial charge in [0.2, 0.25) is 5.91 Å². The zero-order chi connectivity index (χ0) is 19.2. The van der Waals surface area contributed by atoms with Gasteiger partial charge in [-0.3, -0.25) is 9.59 Å². The molecular formula is C20H24N2O4. The molecule has 6 heteroatoms. The van der Waals surface area contributed by atoms with Gasteiger partial charge in [0.15, 0.2) is 5.60 Å². The number of benzene rings is 2. The lowest BCUT2D eigenvalue weighted by Gasteiger charge is -2.25. The van der Waals surface area contributed by atoms with E-state index in [4.69, 9.17) is 9.47 Å². The van der Waals surface area contributed by atoms with Crippen molar-refractivity contribution in [1.82, 2.24) is 0 Å². The first kappa shape index (κ1) is 19.3. The summed E-state index contributed by atoms with van der Waals surface area (Å²) in [6.45, 7) is 7.32. The van der Waals surface area contributed by atoms with Crippen LogP contribution >= 0.6 is 0 Å². The largest absolute Gasteiger partial charge is 0.494 e. The minimum Gasteiger partial charge on any atom is -0.494 e. The van der Waals surface area contributed by atoms with E-state index in [1.165, 1.54) is 6.92 Å². The molecule has 0 aliphatic carbocycles. The van der Waals surface area contributed by atoms with Crippen LogP contribution in [0, 0.1) is 0 Å². The number of hydrogen-bond acceptors (Lipinski definition) is 4. The van der Waals surface area contributed by atoms with E-state index in [9.17, 15) is 9.59 Å². The smallest absolute Gasteiger partial charge is 0.267 e. The van der Waals surface area contributed by atoms with Gasteiger partial charge in [0.1, 0.15) is 11.5 Å². The normalized spacial score (nSPS) is 10.8. The van der Waals surface area contributed by atoms with E-state index in [0.29, 0.717) is 23.7 Å². The van der Waals surface area contributed by atoms with Crippen molar-refractivity contribution < 1.29 is 19.1 Å². The molecule has 0 saturated carbocycles. The maximum Gasteiger partial charge on any atom is 0.267 e. The second kappa shape index (κ2) is 8.38. The van der Waals surface area contributed by atoms with E-state index < -0.39 is 5.60 Å². The molecule has 0 fully saturated rings. The van der Waals surface area contributed by atoms with Crippen LogP contribution in [0.2, 0.25) is 0 Å². The van der Waals surface area contributed by atoms with E-state index in [0.717, 1.165) is 5.75 Å². The summed E-state index contributed by atoms with van der Waals surface area (Å²) in [6.07, 6.45) is 0. The van der Waals surface area contributed by atoms with Crippen molar-refractivity contribution in [2.45, 2.75) is 33.3 Å². The Morgan fingerprint density at radius 1 is 0.962 bits per heavy atom. The van der Waals surface area contributed by atoms with Crippen LogP contribution in [0.25, 0.3) is 0 Å². The highest BCUT2D eigenvalue weighted by Crippen LogP contribution is 2.23. The van der Waals surface area contributed by atoms with Crippen LogP contribution in [0.5, 0.6) is 11.5 Å². The Labute approximate surface area is 153 Å². The van der Waals surface area contributed by atoms with Gasteiger partial charge in [0.05, 0.1) is 6.61 Å². The zero-order valence-electron chi connectivity index (χ0n) is 15.5. The van der Waals surface area contributed by atoms with Gasteiger partial charge in [-0.25, -0.2) is 0 Å². The van der Waals surface area contributed by atoms with E-state index in [1.807, 2.05) is 6.92 Å². The third kappa shape index (κ3) is 5.51. The Hall–Kier alpha value is -3.02. The first-order valence-corrected chi connectivity index (χ1v) is 8.41. The maximum atomic E-state index is 12.6. The molecule has 2 amide bonds. The number of nitrogens with one attached hydrogen (secondary N) is 2. The molecule has 0 heterocycles. The number of anilines is 2. The van der Waals surface area contributed by atoms with Crippen LogP contribution in [0.4, 0.5) is 11.4 Å². The predicted molar refractivity (Wildman–Crippen MR) is 102 cm³/mol. The van der Waals surface area contributed by atoms with E-state index in [-0.39, 0.29) is 11.8 Å². The molecule has 2 aromatic carbocycles. The van der Waals surface area contributed by atoms with Crippen LogP contribution in [-0.4, -0.2) is 24.0 Å². The number of carbonyl (C=O) groups is 2. The van der Waals surface area contributed by atoms with Gasteiger partial charge in [-0.05, 0) is 63.2 Å². The molecule has 0 aliphatic rings. The first-order chi connectivity index (χ1) is 12.3. The number of rotatable bonds is 7. The second-order valence-corrected chi connectivity index (χ2v) is 6.23. The third-order valence-corrected chi connectivity index (χ3v) is 3.50. The Bertz CT molecular complexity index is 770. The predicted octanol–water partition coefficient (Wildman–Crippen LogP) is 3.84. The van der Waals surface area contributed by atoms with Crippen molar-refractivity contribution >= 4 is 23.2 Å².